The van der Waals surface area contributed by atoms with Crippen molar-refractivity contribution in [2.45, 2.75) is 18.9 Å². The van der Waals surface area contributed by atoms with Crippen LogP contribution in [0.3, 0.4) is 0 Å². The monoisotopic (exact) mass is 314 g/mol. The third-order valence-electron chi connectivity index (χ3n) is 3.46. The molecule has 0 bridgehead atoms. The molecule has 4 nitrogen and oxygen atoms in total. The van der Waals surface area contributed by atoms with E-state index in [9.17, 15) is 4.79 Å². The Bertz CT molecular complexity index is 790. The van der Waals surface area contributed by atoms with E-state index in [1.165, 1.54) is 11.1 Å². The third-order valence-corrected chi connectivity index (χ3v) is 4.39. The lowest BCUT2D eigenvalue weighted by molar-refractivity contribution is 0.0952. The molecule has 22 heavy (non-hydrogen) atoms. The van der Waals surface area contributed by atoms with Gasteiger partial charge in [0.25, 0.3) is 5.91 Å². The average molecular weight is 314 g/mol. The number of amides is 1. The molecule has 0 aliphatic rings. The predicted octanol–water partition coefficient (Wildman–Crippen LogP) is 3.90. The number of H-pyrrole nitrogens is 1. The van der Waals surface area contributed by atoms with E-state index in [2.05, 4.69) is 36.3 Å². The number of aryl methyl sites for hydroxylation is 2. The van der Waals surface area contributed by atoms with Crippen LogP contribution in [0.4, 0.5) is 0 Å². The summed E-state index contributed by atoms with van der Waals surface area (Å²) < 4.78 is 5.23. The molecule has 1 amide bonds. The maximum absolute atomic E-state index is 12.2. The van der Waals surface area contributed by atoms with Gasteiger partial charge >= 0.3 is 0 Å². The molecule has 3 rings (SSSR count). The van der Waals surface area contributed by atoms with Crippen LogP contribution < -0.4 is 5.32 Å². The molecule has 0 saturated heterocycles. The van der Waals surface area contributed by atoms with Crippen molar-refractivity contribution in [2.24, 2.45) is 0 Å². The van der Waals surface area contributed by atoms with Gasteiger partial charge in [0.15, 0.2) is 5.09 Å². The molecule has 0 radical (unpaired) electrons. The number of rotatable bonds is 5. The van der Waals surface area contributed by atoms with Crippen LogP contribution in [0, 0.1) is 13.8 Å². The Morgan fingerprint density at radius 2 is 2.18 bits per heavy atom. The molecule has 0 spiro atoms. The second kappa shape index (κ2) is 6.32. The summed E-state index contributed by atoms with van der Waals surface area (Å²) in [5.41, 5.74) is 3.98. The number of thioether (sulfide) groups is 1. The lowest BCUT2D eigenvalue weighted by Crippen LogP contribution is -2.25. The summed E-state index contributed by atoms with van der Waals surface area (Å²) >= 11 is 1.58. The quantitative estimate of drug-likeness (QED) is 0.555. The molecule has 0 aliphatic carbocycles. The van der Waals surface area contributed by atoms with Crippen molar-refractivity contribution < 1.29 is 9.21 Å². The van der Waals surface area contributed by atoms with E-state index in [1.54, 1.807) is 18.0 Å². The van der Waals surface area contributed by atoms with Gasteiger partial charge in [0.2, 0.25) is 0 Å². The fraction of sp³-hybridized carbons (Fsp3) is 0.235. The number of carbonyl (C=O) groups is 1. The summed E-state index contributed by atoms with van der Waals surface area (Å²) in [4.78, 5) is 15.4. The van der Waals surface area contributed by atoms with Crippen LogP contribution >= 0.6 is 11.8 Å². The van der Waals surface area contributed by atoms with Crippen molar-refractivity contribution in [2.75, 3.05) is 12.3 Å². The van der Waals surface area contributed by atoms with Crippen molar-refractivity contribution in [1.29, 1.82) is 0 Å². The Morgan fingerprint density at radius 1 is 1.32 bits per heavy atom. The predicted molar refractivity (Wildman–Crippen MR) is 89.5 cm³/mol. The van der Waals surface area contributed by atoms with Crippen LogP contribution in [-0.2, 0) is 0 Å². The maximum Gasteiger partial charge on any atom is 0.267 e. The topological polar surface area (TPSA) is 58.0 Å². The molecule has 0 unspecified atom stereocenters. The molecule has 1 aromatic carbocycles. The number of aromatic amines is 1. The van der Waals surface area contributed by atoms with Crippen LogP contribution in [0.2, 0.25) is 0 Å². The molecule has 0 atom stereocenters. The third kappa shape index (κ3) is 3.20. The summed E-state index contributed by atoms with van der Waals surface area (Å²) in [6, 6.07) is 9.87. The van der Waals surface area contributed by atoms with E-state index < -0.39 is 0 Å². The normalized spacial score (nSPS) is 11.0. The highest BCUT2D eigenvalue weighted by atomic mass is 32.2. The molecule has 2 N–H and O–H groups in total. The summed E-state index contributed by atoms with van der Waals surface area (Å²) in [6.45, 7) is 4.71. The lowest BCUT2D eigenvalue weighted by atomic mass is 10.1. The minimum absolute atomic E-state index is 0.0757. The molecule has 0 aliphatic heterocycles. The molecule has 114 valence electrons. The number of benzene rings is 1. The molecular weight excluding hydrogens is 296 g/mol. The molecule has 2 aromatic heterocycles. The SMILES string of the molecule is Cc1cc(C)c2cc(C(=O)NCCSc3ccco3)[nH]c2c1. The second-order valence-electron chi connectivity index (χ2n) is 5.26. The Kier molecular flexibility index (Phi) is 4.24. The minimum Gasteiger partial charge on any atom is -0.458 e. The van der Waals surface area contributed by atoms with E-state index in [0.717, 1.165) is 21.7 Å². The van der Waals surface area contributed by atoms with Gasteiger partial charge in [-0.15, -0.1) is 0 Å². The molecule has 3 aromatic rings. The van der Waals surface area contributed by atoms with Gasteiger partial charge in [-0.05, 0) is 49.2 Å². The van der Waals surface area contributed by atoms with Gasteiger partial charge in [-0.3, -0.25) is 4.79 Å². The van der Waals surface area contributed by atoms with Gasteiger partial charge in [0, 0.05) is 23.2 Å². The number of furan rings is 1. The van der Waals surface area contributed by atoms with Crippen molar-refractivity contribution >= 4 is 28.6 Å². The summed E-state index contributed by atoms with van der Waals surface area (Å²) in [5.74, 6) is 0.700. The highest BCUT2D eigenvalue weighted by Crippen LogP contribution is 2.21. The highest BCUT2D eigenvalue weighted by molar-refractivity contribution is 7.99. The first kappa shape index (κ1) is 14.8. The number of hydrogen-bond acceptors (Lipinski definition) is 3. The number of carbonyl (C=O) groups excluding carboxylic acids is 1. The second-order valence-corrected chi connectivity index (χ2v) is 6.36. The standard InChI is InChI=1S/C17H18N2O2S/c1-11-8-12(2)13-10-15(19-14(13)9-11)17(20)18-5-7-22-16-4-3-6-21-16/h3-4,6,8-10,19H,5,7H2,1-2H3,(H,18,20). The van der Waals surface area contributed by atoms with Crippen molar-refractivity contribution in [3.05, 3.63) is 53.4 Å². The maximum atomic E-state index is 12.2. The number of aromatic nitrogens is 1. The zero-order valence-corrected chi connectivity index (χ0v) is 13.4. The molecule has 0 saturated carbocycles. The molecular formula is C17H18N2O2S. The average Bonchev–Trinajstić information content (AvgIpc) is 3.12. The summed E-state index contributed by atoms with van der Waals surface area (Å²) in [7, 11) is 0. The van der Waals surface area contributed by atoms with Gasteiger partial charge in [0.1, 0.15) is 5.69 Å². The summed E-state index contributed by atoms with van der Waals surface area (Å²) in [5, 5.41) is 4.89. The summed E-state index contributed by atoms with van der Waals surface area (Å²) in [6.07, 6.45) is 1.65. The van der Waals surface area contributed by atoms with E-state index in [1.807, 2.05) is 18.2 Å². The molecule has 0 fully saturated rings. The highest BCUT2D eigenvalue weighted by Gasteiger charge is 2.10. The van der Waals surface area contributed by atoms with Crippen LogP contribution in [0.15, 0.2) is 46.1 Å². The van der Waals surface area contributed by atoms with Gasteiger partial charge in [-0.25, -0.2) is 0 Å². The van der Waals surface area contributed by atoms with Crippen LogP contribution in [0.1, 0.15) is 21.6 Å². The largest absolute Gasteiger partial charge is 0.458 e. The Balaban J connectivity index is 1.61. The Labute approximate surface area is 133 Å². The van der Waals surface area contributed by atoms with Crippen LogP contribution in [-0.4, -0.2) is 23.2 Å². The lowest BCUT2D eigenvalue weighted by Gasteiger charge is -2.02. The van der Waals surface area contributed by atoms with Crippen molar-refractivity contribution in [3.8, 4) is 0 Å². The minimum atomic E-state index is -0.0757. The van der Waals surface area contributed by atoms with Crippen molar-refractivity contribution in [3.63, 3.8) is 0 Å². The zero-order valence-electron chi connectivity index (χ0n) is 12.6. The van der Waals surface area contributed by atoms with Gasteiger partial charge in [-0.2, -0.15) is 0 Å². The van der Waals surface area contributed by atoms with E-state index in [0.29, 0.717) is 12.2 Å². The first-order valence-corrected chi connectivity index (χ1v) is 8.16. The van der Waals surface area contributed by atoms with Gasteiger partial charge in [0.05, 0.1) is 6.26 Å². The van der Waals surface area contributed by atoms with Crippen LogP contribution in [0.5, 0.6) is 0 Å². The van der Waals surface area contributed by atoms with Crippen molar-refractivity contribution in [1.82, 2.24) is 10.3 Å². The molecule has 5 heteroatoms. The van der Waals surface area contributed by atoms with E-state index in [4.69, 9.17) is 4.42 Å². The van der Waals surface area contributed by atoms with Crippen LogP contribution in [0.25, 0.3) is 10.9 Å². The first-order chi connectivity index (χ1) is 10.6. The van der Waals surface area contributed by atoms with Gasteiger partial charge in [-0.1, -0.05) is 17.8 Å². The molecule has 2 heterocycles. The van der Waals surface area contributed by atoms with E-state index >= 15 is 0 Å². The first-order valence-electron chi connectivity index (χ1n) is 7.18. The number of hydrogen-bond donors (Lipinski definition) is 2. The fourth-order valence-corrected chi connectivity index (χ4v) is 3.18. The Morgan fingerprint density at radius 3 is 2.95 bits per heavy atom. The number of nitrogens with one attached hydrogen (secondary N) is 2. The number of fused-ring (bicyclic) bond motifs is 1. The Hall–Kier alpha value is -2.14. The van der Waals surface area contributed by atoms with E-state index in [-0.39, 0.29) is 5.91 Å². The van der Waals surface area contributed by atoms with Gasteiger partial charge < -0.3 is 14.7 Å². The smallest absolute Gasteiger partial charge is 0.267 e. The zero-order chi connectivity index (χ0) is 15.5. The fourth-order valence-electron chi connectivity index (χ4n) is 2.48.